The molecule has 0 aliphatic heterocycles. The zero-order valence-corrected chi connectivity index (χ0v) is 15.3. The molecule has 0 fully saturated rings. The van der Waals surface area contributed by atoms with Crippen LogP contribution in [0, 0.1) is 0 Å². The summed E-state index contributed by atoms with van der Waals surface area (Å²) < 4.78 is 0.995. The van der Waals surface area contributed by atoms with E-state index >= 15 is 0 Å². The third kappa shape index (κ3) is 5.81. The van der Waals surface area contributed by atoms with Crippen LogP contribution in [0.1, 0.15) is 37.8 Å². The minimum atomic E-state index is -0.504. The largest absolute Gasteiger partial charge is 0.370 e. The van der Waals surface area contributed by atoms with Crippen LogP contribution in [0.5, 0.6) is 0 Å². The SMILES string of the molecule is CCCC/C=N\NC(=O)C(Nc1ccc(Br)cc1)c1ccccc1. The minimum absolute atomic E-state index is 0.183. The van der Waals surface area contributed by atoms with E-state index in [1.165, 1.54) is 0 Å². The summed E-state index contributed by atoms with van der Waals surface area (Å²) in [6.07, 6.45) is 4.80. The first-order chi connectivity index (χ1) is 11.7. The molecule has 0 aliphatic rings. The van der Waals surface area contributed by atoms with E-state index < -0.39 is 6.04 Å². The summed E-state index contributed by atoms with van der Waals surface area (Å²) in [4.78, 5) is 12.6. The van der Waals surface area contributed by atoms with E-state index in [0.29, 0.717) is 0 Å². The first-order valence-electron chi connectivity index (χ1n) is 8.09. The highest BCUT2D eigenvalue weighted by molar-refractivity contribution is 9.10. The average molecular weight is 388 g/mol. The third-order valence-corrected chi connectivity index (χ3v) is 4.03. The lowest BCUT2D eigenvalue weighted by molar-refractivity contribution is -0.121. The Morgan fingerprint density at radius 2 is 1.88 bits per heavy atom. The summed E-state index contributed by atoms with van der Waals surface area (Å²) in [7, 11) is 0. The maximum absolute atomic E-state index is 12.6. The van der Waals surface area contributed by atoms with Crippen molar-refractivity contribution in [3.63, 3.8) is 0 Å². The number of hydrogen-bond acceptors (Lipinski definition) is 3. The molecule has 0 saturated carbocycles. The molecule has 126 valence electrons. The van der Waals surface area contributed by atoms with Gasteiger partial charge in [-0.2, -0.15) is 5.10 Å². The predicted octanol–water partition coefficient (Wildman–Crippen LogP) is 4.89. The van der Waals surface area contributed by atoms with Gasteiger partial charge in [-0.25, -0.2) is 5.43 Å². The van der Waals surface area contributed by atoms with Crippen LogP contribution in [-0.4, -0.2) is 12.1 Å². The molecule has 1 atom stereocenters. The zero-order valence-electron chi connectivity index (χ0n) is 13.7. The van der Waals surface area contributed by atoms with Gasteiger partial charge in [0.05, 0.1) is 0 Å². The van der Waals surface area contributed by atoms with Crippen LogP contribution in [0.3, 0.4) is 0 Å². The van der Waals surface area contributed by atoms with Crippen molar-refractivity contribution in [1.29, 1.82) is 0 Å². The van der Waals surface area contributed by atoms with Crippen LogP contribution < -0.4 is 10.7 Å². The van der Waals surface area contributed by atoms with Crippen LogP contribution in [-0.2, 0) is 4.79 Å². The molecule has 2 rings (SSSR count). The summed E-state index contributed by atoms with van der Waals surface area (Å²) in [6.45, 7) is 2.12. The van der Waals surface area contributed by atoms with E-state index in [2.05, 4.69) is 38.7 Å². The van der Waals surface area contributed by atoms with Crippen LogP contribution in [0.15, 0.2) is 64.2 Å². The van der Waals surface area contributed by atoms with Crippen molar-refractivity contribution in [2.24, 2.45) is 5.10 Å². The van der Waals surface area contributed by atoms with E-state index in [0.717, 1.165) is 35.0 Å². The number of rotatable bonds is 8. The summed E-state index contributed by atoms with van der Waals surface area (Å²) >= 11 is 3.41. The molecule has 0 bridgehead atoms. The van der Waals surface area contributed by atoms with Crippen LogP contribution in [0.4, 0.5) is 5.69 Å². The van der Waals surface area contributed by atoms with Gasteiger partial charge < -0.3 is 5.32 Å². The van der Waals surface area contributed by atoms with Gasteiger partial charge in [-0.1, -0.05) is 59.6 Å². The second-order valence-electron chi connectivity index (χ2n) is 5.42. The molecule has 0 saturated heterocycles. The molecule has 0 aromatic heterocycles. The Morgan fingerprint density at radius 1 is 1.17 bits per heavy atom. The molecule has 24 heavy (non-hydrogen) atoms. The maximum Gasteiger partial charge on any atom is 0.267 e. The Balaban J connectivity index is 2.09. The van der Waals surface area contributed by atoms with Crippen molar-refractivity contribution in [2.45, 2.75) is 32.2 Å². The molecule has 4 nitrogen and oxygen atoms in total. The fraction of sp³-hybridized carbons (Fsp3) is 0.263. The summed E-state index contributed by atoms with van der Waals surface area (Å²) in [5.74, 6) is -0.183. The number of benzene rings is 2. The predicted molar refractivity (Wildman–Crippen MR) is 103 cm³/mol. The number of amides is 1. The summed E-state index contributed by atoms with van der Waals surface area (Å²) in [5.41, 5.74) is 4.39. The van der Waals surface area contributed by atoms with Crippen molar-refractivity contribution in [1.82, 2.24) is 5.43 Å². The standard InChI is InChI=1S/C19H22BrN3O/c1-2-3-7-14-21-23-19(24)18(15-8-5-4-6-9-15)22-17-12-10-16(20)11-13-17/h4-6,8-14,18,22H,2-3,7H2,1H3,(H,23,24)/b21-14-. The van der Waals surface area contributed by atoms with Crippen molar-refractivity contribution in [2.75, 3.05) is 5.32 Å². The molecule has 5 heteroatoms. The van der Waals surface area contributed by atoms with Crippen molar-refractivity contribution >= 4 is 33.7 Å². The summed E-state index contributed by atoms with van der Waals surface area (Å²) in [6, 6.07) is 16.9. The monoisotopic (exact) mass is 387 g/mol. The molecule has 1 amide bonds. The lowest BCUT2D eigenvalue weighted by atomic mass is 10.1. The number of nitrogens with zero attached hydrogens (tertiary/aromatic N) is 1. The van der Waals surface area contributed by atoms with Gasteiger partial charge in [-0.05, 0) is 42.7 Å². The van der Waals surface area contributed by atoms with E-state index in [9.17, 15) is 4.79 Å². The van der Waals surface area contributed by atoms with Crippen LogP contribution in [0.25, 0.3) is 0 Å². The van der Waals surface area contributed by atoms with Crippen LogP contribution in [0.2, 0.25) is 0 Å². The highest BCUT2D eigenvalue weighted by Gasteiger charge is 2.20. The molecule has 0 radical (unpaired) electrons. The Kier molecular flexibility index (Phi) is 7.49. The molecule has 2 aromatic rings. The van der Waals surface area contributed by atoms with Gasteiger partial charge in [0.1, 0.15) is 6.04 Å². The Bertz CT molecular complexity index is 656. The van der Waals surface area contributed by atoms with Gasteiger partial charge in [0.25, 0.3) is 5.91 Å². The fourth-order valence-corrected chi connectivity index (χ4v) is 2.46. The number of hydrazone groups is 1. The highest BCUT2D eigenvalue weighted by Crippen LogP contribution is 2.21. The Labute approximate surface area is 151 Å². The first kappa shape index (κ1) is 18.2. The molecule has 0 spiro atoms. The molecule has 2 aromatic carbocycles. The van der Waals surface area contributed by atoms with E-state index in [1.54, 1.807) is 6.21 Å². The molecular formula is C19H22BrN3O. The van der Waals surface area contributed by atoms with E-state index in [4.69, 9.17) is 0 Å². The fourth-order valence-electron chi connectivity index (χ4n) is 2.19. The zero-order chi connectivity index (χ0) is 17.2. The Morgan fingerprint density at radius 3 is 2.54 bits per heavy atom. The summed E-state index contributed by atoms with van der Waals surface area (Å²) in [5, 5.41) is 7.31. The first-order valence-corrected chi connectivity index (χ1v) is 8.88. The lowest BCUT2D eigenvalue weighted by Crippen LogP contribution is -2.30. The second-order valence-corrected chi connectivity index (χ2v) is 6.34. The van der Waals surface area contributed by atoms with Gasteiger partial charge in [0.15, 0.2) is 0 Å². The van der Waals surface area contributed by atoms with Gasteiger partial charge in [-0.3, -0.25) is 4.79 Å². The van der Waals surface area contributed by atoms with Crippen molar-refractivity contribution in [3.05, 3.63) is 64.6 Å². The Hall–Kier alpha value is -2.14. The normalized spacial score (nSPS) is 12.1. The van der Waals surface area contributed by atoms with Crippen molar-refractivity contribution < 1.29 is 4.79 Å². The topological polar surface area (TPSA) is 53.5 Å². The highest BCUT2D eigenvalue weighted by atomic mass is 79.9. The number of carbonyl (C=O) groups excluding carboxylic acids is 1. The number of hydrogen-bond donors (Lipinski definition) is 2. The molecule has 2 N–H and O–H groups in total. The second kappa shape index (κ2) is 9.88. The maximum atomic E-state index is 12.6. The van der Waals surface area contributed by atoms with Gasteiger partial charge in [0.2, 0.25) is 0 Å². The van der Waals surface area contributed by atoms with Gasteiger partial charge in [-0.15, -0.1) is 0 Å². The quantitative estimate of drug-likeness (QED) is 0.384. The van der Waals surface area contributed by atoms with Gasteiger partial charge >= 0.3 is 0 Å². The number of unbranched alkanes of at least 4 members (excludes halogenated alkanes) is 2. The van der Waals surface area contributed by atoms with E-state index in [1.807, 2.05) is 54.6 Å². The lowest BCUT2D eigenvalue weighted by Gasteiger charge is -2.18. The number of anilines is 1. The number of halogens is 1. The van der Waals surface area contributed by atoms with Crippen LogP contribution >= 0.6 is 15.9 Å². The average Bonchev–Trinajstić information content (AvgIpc) is 2.61. The minimum Gasteiger partial charge on any atom is -0.370 e. The molecule has 0 aliphatic carbocycles. The van der Waals surface area contributed by atoms with E-state index in [-0.39, 0.29) is 5.91 Å². The molecular weight excluding hydrogens is 366 g/mol. The smallest absolute Gasteiger partial charge is 0.267 e. The van der Waals surface area contributed by atoms with Crippen molar-refractivity contribution in [3.8, 4) is 0 Å². The number of nitrogens with one attached hydrogen (secondary N) is 2. The number of carbonyl (C=O) groups is 1. The van der Waals surface area contributed by atoms with Gasteiger partial charge in [0, 0.05) is 16.4 Å². The molecule has 1 unspecified atom stereocenters. The third-order valence-electron chi connectivity index (χ3n) is 3.50. The molecule has 0 heterocycles.